The summed E-state index contributed by atoms with van der Waals surface area (Å²) in [6, 6.07) is 8.52. The molecule has 0 radical (unpaired) electrons. The van der Waals surface area contributed by atoms with E-state index in [-0.39, 0.29) is 0 Å². The Morgan fingerprint density at radius 3 is 2.59 bits per heavy atom. The number of hydrogen-bond donors (Lipinski definition) is 1. The molecule has 0 amide bonds. The molecule has 0 saturated carbocycles. The van der Waals surface area contributed by atoms with E-state index >= 15 is 0 Å². The van der Waals surface area contributed by atoms with Crippen LogP contribution in [0.3, 0.4) is 0 Å². The van der Waals surface area contributed by atoms with Crippen molar-refractivity contribution in [3.63, 3.8) is 0 Å². The monoisotopic (exact) mass is 235 g/mol. The first-order valence-corrected chi connectivity index (χ1v) is 6.14. The molecular formula is C13H21N3O. The molecule has 1 heterocycles. The molecule has 2 N–H and O–H groups in total. The highest BCUT2D eigenvalue weighted by Crippen LogP contribution is 2.22. The van der Waals surface area contributed by atoms with Crippen LogP contribution in [0, 0.1) is 0 Å². The molecule has 94 valence electrons. The Kier molecular flexibility index (Phi) is 4.36. The summed E-state index contributed by atoms with van der Waals surface area (Å²) in [5, 5.41) is 0. The highest BCUT2D eigenvalue weighted by Gasteiger charge is 2.16. The Balaban J connectivity index is 2.08. The van der Waals surface area contributed by atoms with Crippen LogP contribution < -0.4 is 10.8 Å². The van der Waals surface area contributed by atoms with E-state index in [2.05, 4.69) is 46.0 Å². The third kappa shape index (κ3) is 3.19. The molecule has 4 nitrogen and oxygen atoms in total. The zero-order valence-corrected chi connectivity index (χ0v) is 10.4. The van der Waals surface area contributed by atoms with Gasteiger partial charge in [-0.05, 0) is 25.1 Å². The first kappa shape index (κ1) is 12.4. The van der Waals surface area contributed by atoms with Gasteiger partial charge in [0.1, 0.15) is 0 Å². The van der Waals surface area contributed by atoms with Crippen LogP contribution in [0.1, 0.15) is 5.56 Å². The maximum atomic E-state index is 5.10. The molecule has 1 aliphatic rings. The number of rotatable bonds is 4. The molecule has 1 aromatic carbocycles. The summed E-state index contributed by atoms with van der Waals surface area (Å²) in [5.74, 6) is 5.10. The second-order valence-electron chi connectivity index (χ2n) is 4.54. The van der Waals surface area contributed by atoms with Gasteiger partial charge in [-0.25, -0.2) is 5.90 Å². The van der Waals surface area contributed by atoms with Crippen molar-refractivity contribution in [3.8, 4) is 0 Å². The van der Waals surface area contributed by atoms with E-state index in [1.165, 1.54) is 11.3 Å². The third-order valence-electron chi connectivity index (χ3n) is 3.32. The summed E-state index contributed by atoms with van der Waals surface area (Å²) in [6.45, 7) is 5.02. The fourth-order valence-electron chi connectivity index (χ4n) is 2.25. The highest BCUT2D eigenvalue weighted by atomic mass is 16.6. The zero-order chi connectivity index (χ0) is 12.1. The molecule has 0 unspecified atom stereocenters. The summed E-state index contributed by atoms with van der Waals surface area (Å²) < 4.78 is 0. The lowest BCUT2D eigenvalue weighted by Crippen LogP contribution is -2.44. The number of benzene rings is 1. The van der Waals surface area contributed by atoms with Crippen molar-refractivity contribution < 1.29 is 4.84 Å². The maximum Gasteiger partial charge on any atom is 0.0720 e. The maximum absolute atomic E-state index is 5.10. The Bertz CT molecular complexity index is 348. The molecule has 0 bridgehead atoms. The smallest absolute Gasteiger partial charge is 0.0720 e. The van der Waals surface area contributed by atoms with Gasteiger partial charge in [0.05, 0.1) is 6.61 Å². The van der Waals surface area contributed by atoms with Crippen molar-refractivity contribution in [3.05, 3.63) is 29.8 Å². The normalized spacial score (nSPS) is 17.4. The van der Waals surface area contributed by atoms with Gasteiger partial charge in [-0.3, -0.25) is 0 Å². The Hall–Kier alpha value is -1.10. The van der Waals surface area contributed by atoms with E-state index in [0.29, 0.717) is 6.61 Å². The van der Waals surface area contributed by atoms with Gasteiger partial charge in [0.15, 0.2) is 0 Å². The lowest BCUT2D eigenvalue weighted by atomic mass is 10.1. The van der Waals surface area contributed by atoms with Gasteiger partial charge in [0.2, 0.25) is 0 Å². The molecule has 0 aromatic heterocycles. The number of nitrogens with zero attached hydrogens (tertiary/aromatic N) is 2. The van der Waals surface area contributed by atoms with Crippen molar-refractivity contribution in [1.29, 1.82) is 0 Å². The molecule has 17 heavy (non-hydrogen) atoms. The van der Waals surface area contributed by atoms with Crippen molar-refractivity contribution in [2.75, 3.05) is 44.7 Å². The fraction of sp³-hybridized carbons (Fsp3) is 0.538. The van der Waals surface area contributed by atoms with E-state index in [1.54, 1.807) is 0 Å². The van der Waals surface area contributed by atoms with Crippen LogP contribution in [-0.4, -0.2) is 44.7 Å². The summed E-state index contributed by atoms with van der Waals surface area (Å²) in [5.41, 5.74) is 2.65. The molecule has 4 heteroatoms. The SMILES string of the molecule is CN1CCN(c2ccccc2CCON)CC1. The van der Waals surface area contributed by atoms with Gasteiger partial charge in [0, 0.05) is 31.9 Å². The molecule has 1 saturated heterocycles. The third-order valence-corrected chi connectivity index (χ3v) is 3.32. The van der Waals surface area contributed by atoms with Crippen LogP contribution in [0.15, 0.2) is 24.3 Å². The number of para-hydroxylation sites is 1. The summed E-state index contributed by atoms with van der Waals surface area (Å²) in [6.07, 6.45) is 0.874. The van der Waals surface area contributed by atoms with E-state index < -0.39 is 0 Å². The van der Waals surface area contributed by atoms with Crippen LogP contribution in [0.25, 0.3) is 0 Å². The number of likely N-dealkylation sites (N-methyl/N-ethyl adjacent to an activating group) is 1. The van der Waals surface area contributed by atoms with Gasteiger partial charge in [-0.2, -0.15) is 0 Å². The first-order valence-electron chi connectivity index (χ1n) is 6.14. The van der Waals surface area contributed by atoms with E-state index in [1.807, 2.05) is 0 Å². The molecule has 2 rings (SSSR count). The molecule has 0 spiro atoms. The van der Waals surface area contributed by atoms with Crippen molar-refractivity contribution in [2.45, 2.75) is 6.42 Å². The minimum atomic E-state index is 0.574. The lowest BCUT2D eigenvalue weighted by molar-refractivity contribution is 0.141. The Morgan fingerprint density at radius 1 is 1.18 bits per heavy atom. The first-order chi connectivity index (χ1) is 8.31. The molecule has 0 aliphatic carbocycles. The largest absolute Gasteiger partial charge is 0.369 e. The summed E-state index contributed by atoms with van der Waals surface area (Å²) in [4.78, 5) is 9.49. The summed E-state index contributed by atoms with van der Waals surface area (Å²) in [7, 11) is 2.17. The van der Waals surface area contributed by atoms with E-state index in [0.717, 1.165) is 32.6 Å². The molecule has 0 atom stereocenters. The average Bonchev–Trinajstić information content (AvgIpc) is 2.38. The van der Waals surface area contributed by atoms with E-state index in [4.69, 9.17) is 5.90 Å². The molecule has 1 aromatic rings. The van der Waals surface area contributed by atoms with Crippen LogP contribution in [0.2, 0.25) is 0 Å². The predicted molar refractivity (Wildman–Crippen MR) is 70.0 cm³/mol. The average molecular weight is 235 g/mol. The minimum absolute atomic E-state index is 0.574. The quantitative estimate of drug-likeness (QED) is 0.786. The molecule has 1 fully saturated rings. The molecular weight excluding hydrogens is 214 g/mol. The van der Waals surface area contributed by atoms with Gasteiger partial charge in [-0.15, -0.1) is 0 Å². The lowest BCUT2D eigenvalue weighted by Gasteiger charge is -2.35. The number of piperazine rings is 1. The standard InChI is InChI=1S/C13H21N3O/c1-15-7-9-16(10-8-15)13-5-3-2-4-12(13)6-11-17-14/h2-5H,6-11,14H2,1H3. The van der Waals surface area contributed by atoms with Gasteiger partial charge in [-0.1, -0.05) is 18.2 Å². The zero-order valence-electron chi connectivity index (χ0n) is 10.4. The Morgan fingerprint density at radius 2 is 1.88 bits per heavy atom. The number of anilines is 1. The number of nitrogens with two attached hydrogens (primary N) is 1. The van der Waals surface area contributed by atoms with Crippen molar-refractivity contribution >= 4 is 5.69 Å². The van der Waals surface area contributed by atoms with Crippen LogP contribution in [0.4, 0.5) is 5.69 Å². The second kappa shape index (κ2) is 6.00. The molecule has 1 aliphatic heterocycles. The van der Waals surface area contributed by atoms with Crippen molar-refractivity contribution in [2.24, 2.45) is 5.90 Å². The second-order valence-corrected chi connectivity index (χ2v) is 4.54. The van der Waals surface area contributed by atoms with Crippen LogP contribution in [-0.2, 0) is 11.3 Å². The van der Waals surface area contributed by atoms with Crippen LogP contribution in [0.5, 0.6) is 0 Å². The van der Waals surface area contributed by atoms with Crippen molar-refractivity contribution in [1.82, 2.24) is 4.90 Å². The number of hydrogen-bond acceptors (Lipinski definition) is 4. The van der Waals surface area contributed by atoms with Crippen LogP contribution >= 0.6 is 0 Å². The highest BCUT2D eigenvalue weighted by molar-refractivity contribution is 5.54. The van der Waals surface area contributed by atoms with Gasteiger partial charge in [0.25, 0.3) is 0 Å². The van der Waals surface area contributed by atoms with Gasteiger partial charge >= 0.3 is 0 Å². The minimum Gasteiger partial charge on any atom is -0.369 e. The van der Waals surface area contributed by atoms with Gasteiger partial charge < -0.3 is 14.6 Å². The Labute approximate surface area is 103 Å². The predicted octanol–water partition coefficient (Wildman–Crippen LogP) is 0.871. The van der Waals surface area contributed by atoms with E-state index in [9.17, 15) is 0 Å². The topological polar surface area (TPSA) is 41.7 Å². The fourth-order valence-corrected chi connectivity index (χ4v) is 2.25. The summed E-state index contributed by atoms with van der Waals surface area (Å²) >= 11 is 0.